The Labute approximate surface area is 196 Å². The number of benzene rings is 2. The standard InChI is InChI=1S/C24H26ClF3N4O/c1-16(2)14-31(23(33)18-12-8-9-13-20(18)25)15-19-21(24(26,27)28)29-32(22(19)30(3)4)17-10-6-5-7-11-17/h5-13,16H,14-15H2,1-4H3. The number of rotatable bonds is 7. The number of anilines is 1. The lowest BCUT2D eigenvalue weighted by Gasteiger charge is -2.27. The first-order valence-corrected chi connectivity index (χ1v) is 10.8. The summed E-state index contributed by atoms with van der Waals surface area (Å²) >= 11 is 6.22. The summed E-state index contributed by atoms with van der Waals surface area (Å²) in [6.45, 7) is 3.79. The van der Waals surface area contributed by atoms with Crippen LogP contribution in [-0.2, 0) is 12.7 Å². The number of carbonyl (C=O) groups is 1. The SMILES string of the molecule is CC(C)CN(Cc1c(C(F)(F)F)nn(-c2ccccc2)c1N(C)C)C(=O)c1ccccc1Cl. The van der Waals surface area contributed by atoms with Gasteiger partial charge in [-0.3, -0.25) is 4.79 Å². The molecule has 1 aromatic heterocycles. The molecule has 9 heteroatoms. The summed E-state index contributed by atoms with van der Waals surface area (Å²) in [4.78, 5) is 16.3. The Morgan fingerprint density at radius 1 is 1.06 bits per heavy atom. The third-order valence-corrected chi connectivity index (χ3v) is 5.30. The van der Waals surface area contributed by atoms with Crippen LogP contribution in [0.25, 0.3) is 5.69 Å². The third-order valence-electron chi connectivity index (χ3n) is 4.98. The van der Waals surface area contributed by atoms with Gasteiger partial charge in [-0.2, -0.15) is 18.3 Å². The summed E-state index contributed by atoms with van der Waals surface area (Å²) in [5.74, 6) is -0.147. The maximum atomic E-state index is 14.1. The average molecular weight is 479 g/mol. The number of nitrogens with zero attached hydrogens (tertiary/aromatic N) is 4. The van der Waals surface area contributed by atoms with Crippen LogP contribution in [0.1, 0.15) is 35.5 Å². The summed E-state index contributed by atoms with van der Waals surface area (Å²) in [6.07, 6.45) is -4.70. The number of hydrogen-bond donors (Lipinski definition) is 0. The van der Waals surface area contributed by atoms with Crippen molar-refractivity contribution in [2.45, 2.75) is 26.6 Å². The summed E-state index contributed by atoms with van der Waals surface area (Å²) in [5.41, 5.74) is -0.353. The molecule has 0 aliphatic rings. The van der Waals surface area contributed by atoms with Gasteiger partial charge in [0.1, 0.15) is 5.82 Å². The number of halogens is 4. The second-order valence-electron chi connectivity index (χ2n) is 8.35. The minimum atomic E-state index is -4.70. The molecule has 0 aliphatic heterocycles. The fourth-order valence-electron chi connectivity index (χ4n) is 3.68. The molecule has 33 heavy (non-hydrogen) atoms. The molecule has 0 saturated heterocycles. The van der Waals surface area contributed by atoms with Crippen molar-refractivity contribution in [1.82, 2.24) is 14.7 Å². The van der Waals surface area contributed by atoms with Crippen molar-refractivity contribution in [1.29, 1.82) is 0 Å². The van der Waals surface area contributed by atoms with Gasteiger partial charge in [-0.15, -0.1) is 0 Å². The number of alkyl halides is 3. The van der Waals surface area contributed by atoms with Crippen molar-refractivity contribution in [3.63, 3.8) is 0 Å². The van der Waals surface area contributed by atoms with Crippen molar-refractivity contribution in [2.75, 3.05) is 25.5 Å². The Kier molecular flexibility index (Phi) is 7.37. The van der Waals surface area contributed by atoms with Gasteiger partial charge in [0, 0.05) is 26.2 Å². The van der Waals surface area contributed by atoms with E-state index in [-0.39, 0.29) is 41.0 Å². The van der Waals surface area contributed by atoms with Crippen LogP contribution in [-0.4, -0.2) is 41.2 Å². The van der Waals surface area contributed by atoms with E-state index in [0.29, 0.717) is 5.69 Å². The quantitative estimate of drug-likeness (QED) is 0.424. The topological polar surface area (TPSA) is 41.4 Å². The highest BCUT2D eigenvalue weighted by molar-refractivity contribution is 6.33. The molecular weight excluding hydrogens is 453 g/mol. The molecule has 3 rings (SSSR count). The largest absolute Gasteiger partial charge is 0.435 e. The lowest BCUT2D eigenvalue weighted by atomic mass is 10.1. The molecule has 0 bridgehead atoms. The average Bonchev–Trinajstić information content (AvgIpc) is 3.13. The lowest BCUT2D eigenvalue weighted by Crippen LogP contribution is -2.35. The van der Waals surface area contributed by atoms with Gasteiger partial charge in [-0.05, 0) is 30.2 Å². The predicted octanol–water partition coefficient (Wildman–Crippen LogP) is 5.91. The second-order valence-corrected chi connectivity index (χ2v) is 8.76. The van der Waals surface area contributed by atoms with Crippen molar-refractivity contribution < 1.29 is 18.0 Å². The van der Waals surface area contributed by atoms with Crippen molar-refractivity contribution >= 4 is 23.3 Å². The van der Waals surface area contributed by atoms with Gasteiger partial charge in [-0.1, -0.05) is 55.8 Å². The second kappa shape index (κ2) is 9.87. The molecule has 0 saturated carbocycles. The summed E-state index contributed by atoms with van der Waals surface area (Å²) in [7, 11) is 3.31. The highest BCUT2D eigenvalue weighted by Crippen LogP contribution is 2.38. The van der Waals surface area contributed by atoms with Crippen molar-refractivity contribution in [2.24, 2.45) is 5.92 Å². The maximum Gasteiger partial charge on any atom is 0.435 e. The minimum Gasteiger partial charge on any atom is -0.362 e. The van der Waals surface area contributed by atoms with E-state index in [9.17, 15) is 18.0 Å². The molecule has 0 radical (unpaired) electrons. The van der Waals surface area contributed by atoms with Crippen LogP contribution in [0, 0.1) is 5.92 Å². The number of amides is 1. The van der Waals surface area contributed by atoms with Crippen LogP contribution < -0.4 is 4.90 Å². The Morgan fingerprint density at radius 2 is 1.67 bits per heavy atom. The molecule has 2 aromatic carbocycles. The van der Waals surface area contributed by atoms with Crippen molar-refractivity contribution in [3.8, 4) is 5.69 Å². The first-order chi connectivity index (χ1) is 15.5. The van der Waals surface area contributed by atoms with Crippen LogP contribution in [0.5, 0.6) is 0 Å². The number of para-hydroxylation sites is 1. The van der Waals surface area contributed by atoms with E-state index in [1.54, 1.807) is 73.6 Å². The van der Waals surface area contributed by atoms with Gasteiger partial charge < -0.3 is 9.80 Å². The highest BCUT2D eigenvalue weighted by Gasteiger charge is 2.41. The molecule has 1 heterocycles. The van der Waals surface area contributed by atoms with Gasteiger partial charge in [-0.25, -0.2) is 4.68 Å². The van der Waals surface area contributed by atoms with E-state index in [1.165, 1.54) is 9.58 Å². The van der Waals surface area contributed by atoms with E-state index < -0.39 is 17.8 Å². The molecule has 3 aromatic rings. The Hall–Kier alpha value is -3.00. The monoisotopic (exact) mass is 478 g/mol. The molecule has 0 fully saturated rings. The smallest absolute Gasteiger partial charge is 0.362 e. The zero-order valence-corrected chi connectivity index (χ0v) is 19.7. The minimum absolute atomic E-state index is 0.0257. The van der Waals surface area contributed by atoms with Gasteiger partial charge in [0.25, 0.3) is 5.91 Å². The molecule has 5 nitrogen and oxygen atoms in total. The van der Waals surface area contributed by atoms with E-state index in [1.807, 2.05) is 13.8 Å². The lowest BCUT2D eigenvalue weighted by molar-refractivity contribution is -0.142. The Bertz CT molecular complexity index is 1110. The zero-order chi connectivity index (χ0) is 24.3. The molecule has 0 unspecified atom stereocenters. The molecule has 1 amide bonds. The van der Waals surface area contributed by atoms with E-state index in [4.69, 9.17) is 11.6 Å². The summed E-state index contributed by atoms with van der Waals surface area (Å²) < 4.78 is 43.6. The summed E-state index contributed by atoms with van der Waals surface area (Å²) in [5, 5.41) is 4.19. The first kappa shape index (κ1) is 24.6. The molecule has 176 valence electrons. The number of aromatic nitrogens is 2. The van der Waals surface area contributed by atoms with Crippen LogP contribution >= 0.6 is 11.6 Å². The number of carbonyl (C=O) groups excluding carboxylic acids is 1. The molecule has 0 aliphatic carbocycles. The van der Waals surface area contributed by atoms with Crippen LogP contribution in [0.4, 0.5) is 19.0 Å². The van der Waals surface area contributed by atoms with E-state index >= 15 is 0 Å². The van der Waals surface area contributed by atoms with Gasteiger partial charge >= 0.3 is 6.18 Å². The molecule has 0 atom stereocenters. The van der Waals surface area contributed by atoms with E-state index in [0.717, 1.165) is 0 Å². The molecule has 0 spiro atoms. The van der Waals surface area contributed by atoms with Crippen molar-refractivity contribution in [3.05, 3.63) is 76.4 Å². The van der Waals surface area contributed by atoms with Gasteiger partial charge in [0.05, 0.1) is 22.8 Å². The highest BCUT2D eigenvalue weighted by atomic mass is 35.5. The van der Waals surface area contributed by atoms with Crippen LogP contribution in [0.3, 0.4) is 0 Å². The predicted molar refractivity (Wildman–Crippen MR) is 124 cm³/mol. The third kappa shape index (κ3) is 5.50. The van der Waals surface area contributed by atoms with Gasteiger partial charge in [0.15, 0.2) is 5.69 Å². The normalized spacial score (nSPS) is 11.7. The van der Waals surface area contributed by atoms with Crippen LogP contribution in [0.2, 0.25) is 5.02 Å². The fourth-order valence-corrected chi connectivity index (χ4v) is 3.90. The first-order valence-electron chi connectivity index (χ1n) is 10.5. The van der Waals surface area contributed by atoms with Gasteiger partial charge in [0.2, 0.25) is 0 Å². The zero-order valence-electron chi connectivity index (χ0n) is 18.9. The Balaban J connectivity index is 2.17. The summed E-state index contributed by atoms with van der Waals surface area (Å²) in [6, 6.07) is 15.1. The fraction of sp³-hybridized carbons (Fsp3) is 0.333. The Morgan fingerprint density at radius 3 is 2.21 bits per heavy atom. The van der Waals surface area contributed by atoms with Crippen LogP contribution in [0.15, 0.2) is 54.6 Å². The number of hydrogen-bond acceptors (Lipinski definition) is 3. The maximum absolute atomic E-state index is 14.1. The van der Waals surface area contributed by atoms with E-state index in [2.05, 4.69) is 5.10 Å². The molecule has 0 N–H and O–H groups in total. The molecular formula is C24H26ClF3N4O.